The highest BCUT2D eigenvalue weighted by molar-refractivity contribution is 6.30. The summed E-state index contributed by atoms with van der Waals surface area (Å²) in [4.78, 5) is 15.8. The van der Waals surface area contributed by atoms with E-state index in [4.69, 9.17) is 11.6 Å². The molecule has 3 rings (SSSR count). The molecule has 0 bridgehead atoms. The quantitative estimate of drug-likeness (QED) is 0.229. The smallest absolute Gasteiger partial charge is 0.317 e. The molecule has 0 fully saturated rings. The van der Waals surface area contributed by atoms with Gasteiger partial charge in [0.05, 0.1) is 24.0 Å². The highest BCUT2D eigenvalue weighted by Crippen LogP contribution is 2.29. The molecule has 10 heteroatoms. The molecule has 0 N–H and O–H groups in total. The van der Waals surface area contributed by atoms with Crippen molar-refractivity contribution in [1.82, 2.24) is 9.38 Å². The molecule has 0 aliphatic carbocycles. The van der Waals surface area contributed by atoms with Crippen molar-refractivity contribution in [1.29, 1.82) is 0 Å². The van der Waals surface area contributed by atoms with Crippen LogP contribution in [-0.4, -0.2) is 15.4 Å². The van der Waals surface area contributed by atoms with Crippen molar-refractivity contribution in [3.05, 3.63) is 64.5 Å². The molecule has 0 saturated carbocycles. The number of halogens is 6. The number of ether oxygens (including phenoxy) is 1. The van der Waals surface area contributed by atoms with E-state index in [-0.39, 0.29) is 5.69 Å². The second kappa shape index (κ2) is 6.32. The van der Waals surface area contributed by atoms with Crippen LogP contribution in [0.15, 0.2) is 24.7 Å². The van der Waals surface area contributed by atoms with Crippen LogP contribution >= 0.6 is 11.6 Å². The Balaban J connectivity index is 1.89. The van der Waals surface area contributed by atoms with Gasteiger partial charge in [0.25, 0.3) is 0 Å². The lowest BCUT2D eigenvalue weighted by Crippen LogP contribution is -2.16. The van der Waals surface area contributed by atoms with Crippen LogP contribution in [0.4, 0.5) is 22.0 Å². The number of rotatable bonds is 3. The number of fused-ring (bicyclic) bond motifs is 1. The predicted octanol–water partition coefficient (Wildman–Crippen LogP) is 3.83. The molecule has 2 heterocycles. The molecule has 0 aliphatic heterocycles. The Morgan fingerprint density at radius 2 is 1.68 bits per heavy atom. The maximum atomic E-state index is 13.5. The molecule has 0 spiro atoms. The second-order valence-corrected chi connectivity index (χ2v) is 5.32. The first-order valence-corrected chi connectivity index (χ1v) is 7.00. The molecule has 0 atom stereocenters. The van der Waals surface area contributed by atoms with Crippen molar-refractivity contribution in [2.75, 3.05) is 0 Å². The van der Waals surface area contributed by atoms with Gasteiger partial charge in [-0.15, -0.1) is 0 Å². The fourth-order valence-corrected chi connectivity index (χ4v) is 2.27. The lowest BCUT2D eigenvalue weighted by Gasteiger charge is -2.08. The van der Waals surface area contributed by atoms with Crippen molar-refractivity contribution >= 4 is 23.1 Å². The molecule has 2 aromatic heterocycles. The first-order valence-electron chi connectivity index (χ1n) is 6.62. The molecule has 0 aliphatic rings. The summed E-state index contributed by atoms with van der Waals surface area (Å²) < 4.78 is 72.0. The molecule has 0 unspecified atom stereocenters. The molecular weight excluding hydrogens is 371 g/mol. The number of nitrogens with zero attached hydrogens (tertiary/aromatic N) is 2. The molecule has 0 amide bonds. The summed E-state index contributed by atoms with van der Waals surface area (Å²) in [5.74, 6) is -14.1. The van der Waals surface area contributed by atoms with E-state index in [1.165, 1.54) is 16.8 Å². The highest BCUT2D eigenvalue weighted by atomic mass is 35.5. The number of esters is 1. The zero-order chi connectivity index (χ0) is 18.3. The predicted molar refractivity (Wildman–Crippen MR) is 75.8 cm³/mol. The summed E-state index contributed by atoms with van der Waals surface area (Å²) >= 11 is 5.83. The molecular formula is C15H6ClF5N2O2. The normalized spacial score (nSPS) is 11.1. The largest absolute Gasteiger partial charge is 0.420 e. The molecule has 0 saturated heterocycles. The molecule has 1 aromatic carbocycles. The van der Waals surface area contributed by atoms with E-state index in [0.717, 1.165) is 0 Å². The third-order valence-electron chi connectivity index (χ3n) is 3.28. The summed E-state index contributed by atoms with van der Waals surface area (Å²) in [6.07, 6.45) is 2.34. The third-order valence-corrected chi connectivity index (χ3v) is 3.51. The number of hydrogen-bond acceptors (Lipinski definition) is 3. The fourth-order valence-electron chi connectivity index (χ4n) is 2.11. The van der Waals surface area contributed by atoms with E-state index in [1.807, 2.05) is 0 Å². The summed E-state index contributed by atoms with van der Waals surface area (Å²) in [7, 11) is 0. The van der Waals surface area contributed by atoms with Gasteiger partial charge in [-0.25, -0.2) is 18.2 Å². The second-order valence-electron chi connectivity index (χ2n) is 4.88. The van der Waals surface area contributed by atoms with Crippen LogP contribution in [0.2, 0.25) is 5.02 Å². The Morgan fingerprint density at radius 1 is 1.08 bits per heavy atom. The minimum Gasteiger partial charge on any atom is -0.420 e. The first-order chi connectivity index (χ1) is 11.8. The van der Waals surface area contributed by atoms with Gasteiger partial charge in [0.15, 0.2) is 0 Å². The van der Waals surface area contributed by atoms with Crippen LogP contribution in [0.3, 0.4) is 0 Å². The van der Waals surface area contributed by atoms with E-state index in [9.17, 15) is 26.7 Å². The van der Waals surface area contributed by atoms with Crippen LogP contribution < -0.4 is 4.74 Å². The van der Waals surface area contributed by atoms with Crippen molar-refractivity contribution in [2.45, 2.75) is 6.42 Å². The van der Waals surface area contributed by atoms with Crippen molar-refractivity contribution in [2.24, 2.45) is 0 Å². The number of aromatic nitrogens is 2. The molecule has 0 radical (unpaired) electrons. The Bertz CT molecular complexity index is 976. The van der Waals surface area contributed by atoms with Crippen molar-refractivity contribution < 1.29 is 31.5 Å². The van der Waals surface area contributed by atoms with Crippen LogP contribution in [0.25, 0.3) is 5.52 Å². The summed E-state index contributed by atoms with van der Waals surface area (Å²) in [6.45, 7) is 0. The van der Waals surface area contributed by atoms with E-state index in [1.54, 1.807) is 12.3 Å². The molecule has 3 aromatic rings. The minimum atomic E-state index is -2.34. The number of pyridine rings is 1. The van der Waals surface area contributed by atoms with Gasteiger partial charge in [0, 0.05) is 11.2 Å². The molecule has 130 valence electrons. The topological polar surface area (TPSA) is 43.6 Å². The minimum absolute atomic E-state index is 0.149. The maximum absolute atomic E-state index is 13.5. The zero-order valence-corrected chi connectivity index (χ0v) is 12.8. The third kappa shape index (κ3) is 3.02. The number of carbonyl (C=O) groups excluding carboxylic acids is 1. The molecule has 4 nitrogen and oxygen atoms in total. The van der Waals surface area contributed by atoms with Gasteiger partial charge < -0.3 is 9.14 Å². The maximum Gasteiger partial charge on any atom is 0.317 e. The molecule has 25 heavy (non-hydrogen) atoms. The van der Waals surface area contributed by atoms with Crippen LogP contribution in [-0.2, 0) is 11.2 Å². The van der Waals surface area contributed by atoms with E-state index in [0.29, 0.717) is 10.5 Å². The Morgan fingerprint density at radius 3 is 2.32 bits per heavy atom. The van der Waals surface area contributed by atoms with Crippen LogP contribution in [0.5, 0.6) is 5.75 Å². The number of imidazole rings is 1. The van der Waals surface area contributed by atoms with Crippen molar-refractivity contribution in [3.63, 3.8) is 0 Å². The van der Waals surface area contributed by atoms with Crippen molar-refractivity contribution in [3.8, 4) is 5.75 Å². The summed E-state index contributed by atoms with van der Waals surface area (Å²) in [6, 6.07) is 3.04. The first kappa shape index (κ1) is 17.2. The Kier molecular flexibility index (Phi) is 4.34. The SMILES string of the molecule is O=C(Cc1ncn2ccc(Cl)cc12)Oc1c(F)c(F)c(F)c(F)c1F. The van der Waals surface area contributed by atoms with Gasteiger partial charge in [0.1, 0.15) is 0 Å². The number of benzene rings is 1. The van der Waals surface area contributed by atoms with E-state index >= 15 is 0 Å². The number of carbonyl (C=O) groups is 1. The van der Waals surface area contributed by atoms with Gasteiger partial charge in [-0.05, 0) is 12.1 Å². The fraction of sp³-hybridized carbons (Fsp3) is 0.0667. The van der Waals surface area contributed by atoms with E-state index in [2.05, 4.69) is 9.72 Å². The van der Waals surface area contributed by atoms with Gasteiger partial charge in [-0.2, -0.15) is 8.78 Å². The Labute approximate surface area is 141 Å². The lowest BCUT2D eigenvalue weighted by atomic mass is 10.2. The highest BCUT2D eigenvalue weighted by Gasteiger charge is 2.28. The average molecular weight is 377 g/mol. The van der Waals surface area contributed by atoms with E-state index < -0.39 is 47.2 Å². The summed E-state index contributed by atoms with van der Waals surface area (Å²) in [5.41, 5.74) is 0.568. The standard InChI is InChI=1S/C15H6ClF5N2O2/c16-6-1-2-23-5-22-7(8(23)3-6)4-9(24)25-15-13(20)11(18)10(17)12(19)14(15)21/h1-3,5H,4H2. The average Bonchev–Trinajstić information content (AvgIpc) is 2.97. The number of hydrogen-bond donors (Lipinski definition) is 0. The van der Waals surface area contributed by atoms with Gasteiger partial charge in [-0.1, -0.05) is 11.6 Å². The van der Waals surface area contributed by atoms with Crippen LogP contribution in [0, 0.1) is 29.1 Å². The van der Waals surface area contributed by atoms with Gasteiger partial charge in [-0.3, -0.25) is 4.79 Å². The summed E-state index contributed by atoms with van der Waals surface area (Å²) in [5, 5.41) is 0.349. The van der Waals surface area contributed by atoms with Crippen LogP contribution in [0.1, 0.15) is 5.69 Å². The zero-order valence-electron chi connectivity index (χ0n) is 12.0. The monoisotopic (exact) mass is 376 g/mol. The Hall–Kier alpha value is -2.68. The van der Waals surface area contributed by atoms with Gasteiger partial charge >= 0.3 is 5.97 Å². The lowest BCUT2D eigenvalue weighted by molar-refractivity contribution is -0.134. The van der Waals surface area contributed by atoms with Gasteiger partial charge in [0.2, 0.25) is 34.8 Å².